The van der Waals surface area contributed by atoms with Crippen LogP contribution in [-0.4, -0.2) is 22.2 Å². The normalized spacial score (nSPS) is 10.7. The summed E-state index contributed by atoms with van der Waals surface area (Å²) in [6, 6.07) is 13.2. The Morgan fingerprint density at radius 2 is 1.62 bits per heavy atom. The maximum absolute atomic E-state index is 11.8. The van der Waals surface area contributed by atoms with Crippen LogP contribution >= 0.6 is 0 Å². The second-order valence-electron chi connectivity index (χ2n) is 6.34. The molecule has 0 radical (unpaired) electrons. The maximum Gasteiger partial charge on any atom is 0.336 e. The van der Waals surface area contributed by atoms with Crippen LogP contribution in [0.4, 0.5) is 5.69 Å². The van der Waals surface area contributed by atoms with Crippen molar-refractivity contribution in [3.8, 4) is 22.5 Å². The highest BCUT2D eigenvalue weighted by Crippen LogP contribution is 2.41. The second kappa shape index (κ2) is 7.38. The highest BCUT2D eigenvalue weighted by Gasteiger charge is 2.23. The van der Waals surface area contributed by atoms with Crippen molar-refractivity contribution in [1.82, 2.24) is 0 Å². The third-order valence-corrected chi connectivity index (χ3v) is 4.52. The van der Waals surface area contributed by atoms with E-state index in [0.717, 1.165) is 0 Å². The van der Waals surface area contributed by atoms with Gasteiger partial charge in [-0.3, -0.25) is 4.79 Å². The van der Waals surface area contributed by atoms with Crippen LogP contribution in [0.25, 0.3) is 33.4 Å². The zero-order chi connectivity index (χ0) is 20.0. The Labute approximate surface area is 169 Å². The Bertz CT molecular complexity index is 1310. The quantitative estimate of drug-likeness (QED) is 0.401. The summed E-state index contributed by atoms with van der Waals surface area (Å²) in [7, 11) is 0. The fourth-order valence-corrected chi connectivity index (χ4v) is 3.28. The average Bonchev–Trinajstić information content (AvgIpc) is 2.65. The molecule has 1 aliphatic heterocycles. The SMILES string of the molecule is [Cl-].[NH3+]c1ccc2c(-c3cc(C(=O)O)ccc3C(=O)O)c3ccc(=O)cc-3oc2c1. The summed E-state index contributed by atoms with van der Waals surface area (Å²) in [6.45, 7) is 0. The second-order valence-corrected chi connectivity index (χ2v) is 6.34. The summed E-state index contributed by atoms with van der Waals surface area (Å²) in [5.41, 5.74) is 5.82. The van der Waals surface area contributed by atoms with E-state index >= 15 is 0 Å². The van der Waals surface area contributed by atoms with Crippen molar-refractivity contribution in [3.63, 3.8) is 0 Å². The minimum absolute atomic E-state index is 0. The molecule has 0 spiro atoms. The molecule has 0 saturated carbocycles. The molecule has 29 heavy (non-hydrogen) atoms. The highest BCUT2D eigenvalue weighted by molar-refractivity contribution is 6.08. The molecule has 7 nitrogen and oxygen atoms in total. The van der Waals surface area contributed by atoms with Gasteiger partial charge in [0.15, 0.2) is 5.43 Å². The van der Waals surface area contributed by atoms with Crippen molar-refractivity contribution >= 4 is 28.6 Å². The molecule has 5 N–H and O–H groups in total. The van der Waals surface area contributed by atoms with E-state index in [2.05, 4.69) is 5.73 Å². The van der Waals surface area contributed by atoms with Crippen LogP contribution in [0, 0.1) is 0 Å². The smallest absolute Gasteiger partial charge is 0.336 e. The van der Waals surface area contributed by atoms with Crippen LogP contribution in [0.1, 0.15) is 20.7 Å². The summed E-state index contributed by atoms with van der Waals surface area (Å²) in [4.78, 5) is 35.1. The Morgan fingerprint density at radius 3 is 2.31 bits per heavy atom. The van der Waals surface area contributed by atoms with Gasteiger partial charge < -0.3 is 32.8 Å². The van der Waals surface area contributed by atoms with Crippen molar-refractivity contribution in [1.29, 1.82) is 0 Å². The molecule has 146 valence electrons. The molecule has 0 amide bonds. The summed E-state index contributed by atoms with van der Waals surface area (Å²) < 4.78 is 5.84. The van der Waals surface area contributed by atoms with Gasteiger partial charge in [0, 0.05) is 28.6 Å². The van der Waals surface area contributed by atoms with E-state index in [1.54, 1.807) is 24.3 Å². The van der Waals surface area contributed by atoms with Gasteiger partial charge in [-0.15, -0.1) is 0 Å². The number of carbonyl (C=O) groups is 2. The first-order chi connectivity index (χ1) is 13.3. The average molecular weight is 412 g/mol. The number of benzene rings is 3. The van der Waals surface area contributed by atoms with Crippen LogP contribution in [0.5, 0.6) is 0 Å². The van der Waals surface area contributed by atoms with E-state index in [9.17, 15) is 24.6 Å². The number of carboxylic acids is 2. The molecule has 0 unspecified atom stereocenters. The van der Waals surface area contributed by atoms with Gasteiger partial charge in [0.25, 0.3) is 0 Å². The van der Waals surface area contributed by atoms with Crippen molar-refractivity contribution in [2.45, 2.75) is 0 Å². The number of carboxylic acid groups (broad SMARTS) is 2. The van der Waals surface area contributed by atoms with E-state index in [1.807, 2.05) is 0 Å². The molecule has 0 atom stereocenters. The molecule has 2 aliphatic rings. The number of quaternary nitrogens is 1. The summed E-state index contributed by atoms with van der Waals surface area (Å²) in [6.07, 6.45) is 0. The maximum atomic E-state index is 11.8. The zero-order valence-corrected chi connectivity index (χ0v) is 15.6. The Kier molecular flexibility index (Phi) is 5.11. The van der Waals surface area contributed by atoms with E-state index < -0.39 is 11.9 Å². The third-order valence-electron chi connectivity index (χ3n) is 4.52. The fourth-order valence-electron chi connectivity index (χ4n) is 3.28. The molecule has 4 rings (SSSR count). The minimum atomic E-state index is -1.19. The standard InChI is InChI=1S/C21H13NO6.ClH/c22-11-2-5-14-17(8-11)28-18-9-12(23)3-6-15(18)19(14)16-7-10(20(24)25)1-4-13(16)21(26)27;/h1-9H,22H2,(H,24,25)(H,26,27);1H. The van der Waals surface area contributed by atoms with E-state index in [-0.39, 0.29) is 40.3 Å². The largest absolute Gasteiger partial charge is 1.00 e. The summed E-state index contributed by atoms with van der Waals surface area (Å²) >= 11 is 0. The predicted octanol–water partition coefficient (Wildman–Crippen LogP) is -0.161. The topological polar surface area (TPSA) is 132 Å². The fraction of sp³-hybridized carbons (Fsp3) is 0. The molecule has 1 aliphatic carbocycles. The number of hydrogen-bond donors (Lipinski definition) is 3. The van der Waals surface area contributed by atoms with Crippen molar-refractivity contribution in [2.24, 2.45) is 0 Å². The molecule has 0 aromatic heterocycles. The molecule has 0 saturated heterocycles. The minimum Gasteiger partial charge on any atom is -1.00 e. The van der Waals surface area contributed by atoms with Crippen LogP contribution < -0.4 is 23.6 Å². The van der Waals surface area contributed by atoms with Crippen molar-refractivity contribution in [2.75, 3.05) is 0 Å². The molecule has 2 aromatic rings. The van der Waals surface area contributed by atoms with Crippen LogP contribution in [0.15, 0.2) is 63.8 Å². The number of hydrogen-bond acceptors (Lipinski definition) is 4. The number of rotatable bonds is 3. The van der Waals surface area contributed by atoms with E-state index in [4.69, 9.17) is 4.42 Å². The molecule has 1 heterocycles. The van der Waals surface area contributed by atoms with Gasteiger partial charge in [-0.05, 0) is 48.0 Å². The third kappa shape index (κ3) is 3.44. The Balaban J connectivity index is 0.00000240. The Hall–Kier alpha value is -3.68. The number of aromatic carboxylic acids is 2. The molecule has 8 heteroatoms. The van der Waals surface area contributed by atoms with Gasteiger partial charge in [0.1, 0.15) is 17.0 Å². The van der Waals surface area contributed by atoms with Crippen LogP contribution in [0.2, 0.25) is 0 Å². The molecular weight excluding hydrogens is 398 g/mol. The van der Waals surface area contributed by atoms with Gasteiger partial charge in [0.05, 0.1) is 11.1 Å². The molecule has 0 fully saturated rings. The lowest BCUT2D eigenvalue weighted by Crippen LogP contribution is -3.00. The molecular formula is C21H14ClNO6. The van der Waals surface area contributed by atoms with Crippen LogP contribution in [-0.2, 0) is 0 Å². The first-order valence-electron chi connectivity index (χ1n) is 8.29. The number of halogens is 1. The number of fused-ring (bicyclic) bond motifs is 2. The van der Waals surface area contributed by atoms with Gasteiger partial charge in [-0.25, -0.2) is 9.59 Å². The van der Waals surface area contributed by atoms with Crippen molar-refractivity contribution in [3.05, 3.63) is 75.9 Å². The Morgan fingerprint density at radius 1 is 0.862 bits per heavy atom. The molecule has 0 bridgehead atoms. The monoisotopic (exact) mass is 411 g/mol. The first kappa shape index (κ1) is 20.1. The lowest BCUT2D eigenvalue weighted by Gasteiger charge is -2.17. The van der Waals surface area contributed by atoms with E-state index in [1.165, 1.54) is 30.3 Å². The van der Waals surface area contributed by atoms with Gasteiger partial charge in [0.2, 0.25) is 0 Å². The van der Waals surface area contributed by atoms with E-state index in [0.29, 0.717) is 27.8 Å². The zero-order valence-electron chi connectivity index (χ0n) is 14.8. The summed E-state index contributed by atoms with van der Waals surface area (Å²) in [5, 5.41) is 19.6. The lowest BCUT2D eigenvalue weighted by molar-refractivity contribution is -0.254. The summed E-state index contributed by atoms with van der Waals surface area (Å²) in [5.74, 6) is -2.09. The predicted molar refractivity (Wildman–Crippen MR) is 101 cm³/mol. The van der Waals surface area contributed by atoms with Gasteiger partial charge >= 0.3 is 11.9 Å². The van der Waals surface area contributed by atoms with Crippen LogP contribution in [0.3, 0.4) is 0 Å². The lowest BCUT2D eigenvalue weighted by atomic mass is 9.89. The van der Waals surface area contributed by atoms with Gasteiger partial charge in [-0.1, -0.05) is 0 Å². The van der Waals surface area contributed by atoms with Crippen molar-refractivity contribution < 1.29 is 42.4 Å². The highest BCUT2D eigenvalue weighted by atomic mass is 35.5. The first-order valence-corrected chi connectivity index (χ1v) is 8.29. The van der Waals surface area contributed by atoms with Gasteiger partial charge in [-0.2, -0.15) is 0 Å². The molecule has 2 aromatic carbocycles.